The van der Waals surface area contributed by atoms with Crippen LogP contribution in [0.1, 0.15) is 62.5 Å². The van der Waals surface area contributed by atoms with E-state index in [0.717, 1.165) is 43.9 Å². The van der Waals surface area contributed by atoms with Crippen LogP contribution in [-0.2, 0) is 16.0 Å². The standard InChI is InChI=1S/C22H28BrNO3/c1-22-9-8-17-16-7-5-15(25)12-14(16)4-6-18(17)19(22)13-20(26)24(21(22)27)11-3-2-10-23/h5,7,12,17-19,25H,2-4,6,8-11,13H2,1H3/t17?,18?,19?,22-/m0/s1. The van der Waals surface area contributed by atoms with E-state index >= 15 is 0 Å². The van der Waals surface area contributed by atoms with E-state index in [4.69, 9.17) is 0 Å². The Kier molecular flexibility index (Phi) is 5.08. The van der Waals surface area contributed by atoms with E-state index in [1.54, 1.807) is 11.0 Å². The second kappa shape index (κ2) is 7.23. The number of imide groups is 1. The number of hydrogen-bond acceptors (Lipinski definition) is 3. The maximum atomic E-state index is 13.3. The zero-order valence-corrected chi connectivity index (χ0v) is 17.5. The molecule has 1 saturated heterocycles. The molecule has 146 valence electrons. The predicted molar refractivity (Wildman–Crippen MR) is 108 cm³/mol. The molecule has 0 radical (unpaired) electrons. The minimum atomic E-state index is -0.405. The largest absolute Gasteiger partial charge is 0.508 e. The molecule has 4 nitrogen and oxygen atoms in total. The number of alkyl halides is 1. The van der Waals surface area contributed by atoms with Crippen LogP contribution in [0.15, 0.2) is 18.2 Å². The molecule has 3 unspecified atom stereocenters. The van der Waals surface area contributed by atoms with E-state index in [1.807, 2.05) is 6.07 Å². The van der Waals surface area contributed by atoms with E-state index in [1.165, 1.54) is 11.1 Å². The van der Waals surface area contributed by atoms with Crippen LogP contribution in [0.25, 0.3) is 0 Å². The van der Waals surface area contributed by atoms with Crippen molar-refractivity contribution in [2.24, 2.45) is 17.3 Å². The number of fused-ring (bicyclic) bond motifs is 5. The van der Waals surface area contributed by atoms with Gasteiger partial charge in [0.15, 0.2) is 0 Å². The summed E-state index contributed by atoms with van der Waals surface area (Å²) in [6.07, 6.45) is 6.12. The number of unbranched alkanes of at least 4 members (excludes halogenated alkanes) is 1. The normalized spacial score (nSPS) is 32.7. The van der Waals surface area contributed by atoms with Crippen LogP contribution in [-0.4, -0.2) is 33.7 Å². The fourth-order valence-electron chi connectivity index (χ4n) is 5.84. The summed E-state index contributed by atoms with van der Waals surface area (Å²) >= 11 is 3.42. The lowest BCUT2D eigenvalue weighted by atomic mass is 9.52. The summed E-state index contributed by atoms with van der Waals surface area (Å²) in [5, 5.41) is 10.7. The highest BCUT2D eigenvalue weighted by atomic mass is 79.9. The quantitative estimate of drug-likeness (QED) is 0.435. The van der Waals surface area contributed by atoms with Gasteiger partial charge in [-0.2, -0.15) is 0 Å². The highest BCUT2D eigenvalue weighted by Crippen LogP contribution is 2.58. The lowest BCUT2D eigenvalue weighted by Gasteiger charge is -2.54. The molecule has 2 amide bonds. The summed E-state index contributed by atoms with van der Waals surface area (Å²) in [5.74, 6) is 1.36. The minimum absolute atomic E-state index is 0.0224. The van der Waals surface area contributed by atoms with Crippen LogP contribution in [0.4, 0.5) is 0 Å². The topological polar surface area (TPSA) is 57.6 Å². The molecule has 0 spiro atoms. The van der Waals surface area contributed by atoms with E-state index in [-0.39, 0.29) is 17.7 Å². The van der Waals surface area contributed by atoms with Crippen LogP contribution in [0.5, 0.6) is 5.75 Å². The average Bonchev–Trinajstić information content (AvgIpc) is 2.65. The first kappa shape index (κ1) is 19.0. The van der Waals surface area contributed by atoms with Crippen molar-refractivity contribution in [3.63, 3.8) is 0 Å². The lowest BCUT2D eigenvalue weighted by molar-refractivity contribution is -0.167. The Hall–Kier alpha value is -1.36. The third-order valence-electron chi connectivity index (χ3n) is 7.29. The predicted octanol–water partition coefficient (Wildman–Crippen LogP) is 4.39. The lowest BCUT2D eigenvalue weighted by Crippen LogP contribution is -2.59. The van der Waals surface area contributed by atoms with Crippen LogP contribution < -0.4 is 0 Å². The Morgan fingerprint density at radius 3 is 2.85 bits per heavy atom. The number of phenols is 1. The number of hydrogen-bond donors (Lipinski definition) is 1. The average molecular weight is 434 g/mol. The van der Waals surface area contributed by atoms with Gasteiger partial charge in [-0.05, 0) is 79.5 Å². The number of aryl methyl sites for hydroxylation is 1. The molecule has 1 aliphatic heterocycles. The number of halogens is 1. The number of carbonyl (C=O) groups excluding carboxylic acids is 2. The fourth-order valence-corrected chi connectivity index (χ4v) is 6.24. The number of phenolic OH excluding ortho intramolecular Hbond substituents is 1. The smallest absolute Gasteiger partial charge is 0.235 e. The highest BCUT2D eigenvalue weighted by molar-refractivity contribution is 9.09. The SMILES string of the molecule is C[C@]12CCC3c4ccc(O)cc4CCC3C1CC(=O)N(CCCCBr)C2=O. The molecule has 1 aromatic rings. The number of piperidine rings is 1. The van der Waals surface area contributed by atoms with E-state index < -0.39 is 5.41 Å². The molecule has 1 N–H and O–H groups in total. The van der Waals surface area contributed by atoms with E-state index in [0.29, 0.717) is 30.6 Å². The molecule has 5 heteroatoms. The molecule has 1 heterocycles. The van der Waals surface area contributed by atoms with Gasteiger partial charge in [0.05, 0.1) is 5.41 Å². The van der Waals surface area contributed by atoms with Crippen molar-refractivity contribution in [1.29, 1.82) is 0 Å². The van der Waals surface area contributed by atoms with Gasteiger partial charge in [-0.1, -0.05) is 28.9 Å². The van der Waals surface area contributed by atoms with E-state index in [2.05, 4.69) is 28.9 Å². The van der Waals surface area contributed by atoms with E-state index in [9.17, 15) is 14.7 Å². The van der Waals surface area contributed by atoms with Gasteiger partial charge in [0, 0.05) is 18.3 Å². The Labute approximate surface area is 169 Å². The van der Waals surface area contributed by atoms with Crippen LogP contribution in [0.2, 0.25) is 0 Å². The summed E-state index contributed by atoms with van der Waals surface area (Å²) in [4.78, 5) is 27.7. The van der Waals surface area contributed by atoms with Crippen molar-refractivity contribution in [3.05, 3.63) is 29.3 Å². The van der Waals surface area contributed by atoms with Crippen LogP contribution in [0.3, 0.4) is 0 Å². The third-order valence-corrected chi connectivity index (χ3v) is 7.86. The second-order valence-corrected chi connectivity index (χ2v) is 9.50. The number of carbonyl (C=O) groups is 2. The molecule has 27 heavy (non-hydrogen) atoms. The maximum absolute atomic E-state index is 13.3. The van der Waals surface area contributed by atoms with Crippen molar-refractivity contribution < 1.29 is 14.7 Å². The Morgan fingerprint density at radius 1 is 1.26 bits per heavy atom. The Morgan fingerprint density at radius 2 is 2.07 bits per heavy atom. The first-order valence-corrected chi connectivity index (χ1v) is 11.3. The van der Waals surface area contributed by atoms with Crippen molar-refractivity contribution in [1.82, 2.24) is 4.90 Å². The molecular formula is C22H28BrNO3. The number of benzene rings is 1. The van der Waals surface area contributed by atoms with Crippen molar-refractivity contribution in [3.8, 4) is 5.75 Å². The number of nitrogens with zero attached hydrogens (tertiary/aromatic N) is 1. The van der Waals surface area contributed by atoms with Gasteiger partial charge >= 0.3 is 0 Å². The number of amides is 2. The summed E-state index contributed by atoms with van der Waals surface area (Å²) in [5.41, 5.74) is 2.16. The van der Waals surface area contributed by atoms with Gasteiger partial charge in [-0.25, -0.2) is 0 Å². The fraction of sp³-hybridized carbons (Fsp3) is 0.636. The molecule has 2 fully saturated rings. The molecular weight excluding hydrogens is 406 g/mol. The molecule has 4 atom stereocenters. The molecule has 2 aliphatic carbocycles. The second-order valence-electron chi connectivity index (χ2n) is 8.71. The molecule has 0 aromatic heterocycles. The molecule has 1 saturated carbocycles. The summed E-state index contributed by atoms with van der Waals surface area (Å²) < 4.78 is 0. The summed E-state index contributed by atoms with van der Waals surface area (Å²) in [6.45, 7) is 2.66. The van der Waals surface area contributed by atoms with Crippen molar-refractivity contribution in [2.75, 3.05) is 11.9 Å². The monoisotopic (exact) mass is 433 g/mol. The van der Waals surface area contributed by atoms with Gasteiger partial charge < -0.3 is 5.11 Å². The van der Waals surface area contributed by atoms with Crippen molar-refractivity contribution in [2.45, 2.75) is 57.8 Å². The number of aromatic hydroxyl groups is 1. The Balaban J connectivity index is 1.59. The maximum Gasteiger partial charge on any atom is 0.235 e. The number of rotatable bonds is 4. The van der Waals surface area contributed by atoms with Gasteiger partial charge in [-0.3, -0.25) is 14.5 Å². The minimum Gasteiger partial charge on any atom is -0.508 e. The number of likely N-dealkylation sites (tertiary alicyclic amines) is 1. The molecule has 4 rings (SSSR count). The zero-order valence-electron chi connectivity index (χ0n) is 15.9. The summed E-state index contributed by atoms with van der Waals surface area (Å²) in [7, 11) is 0. The van der Waals surface area contributed by atoms with Gasteiger partial charge in [0.1, 0.15) is 5.75 Å². The molecule has 1 aromatic carbocycles. The van der Waals surface area contributed by atoms with Crippen molar-refractivity contribution >= 4 is 27.7 Å². The van der Waals surface area contributed by atoms with Gasteiger partial charge in [0.25, 0.3) is 0 Å². The first-order chi connectivity index (χ1) is 13.0. The molecule has 3 aliphatic rings. The third kappa shape index (κ3) is 3.12. The Bertz CT molecular complexity index is 764. The van der Waals surface area contributed by atoms with Crippen LogP contribution >= 0.6 is 15.9 Å². The van der Waals surface area contributed by atoms with Gasteiger partial charge in [0.2, 0.25) is 11.8 Å². The summed E-state index contributed by atoms with van der Waals surface area (Å²) in [6, 6.07) is 5.73. The van der Waals surface area contributed by atoms with Gasteiger partial charge in [-0.15, -0.1) is 0 Å². The zero-order chi connectivity index (χ0) is 19.2. The molecule has 0 bridgehead atoms. The first-order valence-electron chi connectivity index (χ1n) is 10.2. The highest BCUT2D eigenvalue weighted by Gasteiger charge is 2.57. The van der Waals surface area contributed by atoms with Crippen LogP contribution in [0, 0.1) is 17.3 Å².